The molecule has 0 heterocycles. The average Bonchev–Trinajstić information content (AvgIpc) is 2.08. The van der Waals surface area contributed by atoms with Gasteiger partial charge >= 0.3 is 5.97 Å². The summed E-state index contributed by atoms with van der Waals surface area (Å²) in [6.07, 6.45) is 8.67. The molecule has 2 nitrogen and oxygen atoms in total. The molecule has 0 rings (SSSR count). The summed E-state index contributed by atoms with van der Waals surface area (Å²) >= 11 is 2.46. The third-order valence-corrected chi connectivity index (χ3v) is 2.87. The molecule has 14 heavy (non-hydrogen) atoms. The molecule has 0 aromatic rings. The van der Waals surface area contributed by atoms with Crippen LogP contribution in [0.15, 0.2) is 0 Å². The van der Waals surface area contributed by atoms with Crippen LogP contribution in [0.2, 0.25) is 0 Å². The number of carbonyl (C=O) groups is 1. The second-order valence-electron chi connectivity index (χ2n) is 3.83. The van der Waals surface area contributed by atoms with Crippen molar-refractivity contribution >= 4 is 28.6 Å². The topological polar surface area (TPSA) is 37.3 Å². The zero-order valence-corrected chi connectivity index (χ0v) is 11.1. The summed E-state index contributed by atoms with van der Waals surface area (Å²) < 4.78 is 0.791. The monoisotopic (exact) mass is 312 g/mol. The number of carboxylic acids is 1. The molecule has 0 spiro atoms. The van der Waals surface area contributed by atoms with Crippen molar-refractivity contribution in [2.75, 3.05) is 0 Å². The molecule has 0 bridgehead atoms. The average molecular weight is 312 g/mol. The number of carboxylic acid groups (broad SMARTS) is 1. The van der Waals surface area contributed by atoms with E-state index < -0.39 is 5.97 Å². The Labute approximate surface area is 101 Å². The summed E-state index contributed by atoms with van der Waals surface area (Å²) in [5.41, 5.74) is 0. The van der Waals surface area contributed by atoms with Crippen LogP contribution >= 0.6 is 22.6 Å². The number of hydrogen-bond donors (Lipinski definition) is 1. The molecule has 3 heteroatoms. The summed E-state index contributed by atoms with van der Waals surface area (Å²) in [5.74, 6) is -0.663. The zero-order valence-electron chi connectivity index (χ0n) is 8.97. The Morgan fingerprint density at radius 2 is 1.64 bits per heavy atom. The SMILES string of the molecule is CC(I)CCCCCCCCC(=O)O. The van der Waals surface area contributed by atoms with Crippen molar-refractivity contribution in [2.45, 2.75) is 62.2 Å². The number of aliphatic carboxylic acids is 1. The third kappa shape index (κ3) is 12.2. The Balaban J connectivity index is 2.96. The van der Waals surface area contributed by atoms with Crippen molar-refractivity contribution < 1.29 is 9.90 Å². The molecule has 1 N–H and O–H groups in total. The van der Waals surface area contributed by atoms with Gasteiger partial charge in [-0.3, -0.25) is 4.79 Å². The van der Waals surface area contributed by atoms with Crippen molar-refractivity contribution in [3.8, 4) is 0 Å². The van der Waals surface area contributed by atoms with Crippen LogP contribution in [0.1, 0.15) is 58.3 Å². The van der Waals surface area contributed by atoms with Crippen LogP contribution in [0, 0.1) is 0 Å². The van der Waals surface area contributed by atoms with Gasteiger partial charge in [-0.15, -0.1) is 0 Å². The Morgan fingerprint density at radius 1 is 1.14 bits per heavy atom. The van der Waals surface area contributed by atoms with Crippen LogP contribution in [0.3, 0.4) is 0 Å². The lowest BCUT2D eigenvalue weighted by atomic mass is 10.1. The van der Waals surface area contributed by atoms with Gasteiger partial charge in [0.1, 0.15) is 0 Å². The normalized spacial score (nSPS) is 12.7. The minimum atomic E-state index is -0.663. The van der Waals surface area contributed by atoms with Crippen molar-refractivity contribution in [3.63, 3.8) is 0 Å². The molecular formula is C11H21IO2. The molecule has 0 amide bonds. The highest BCUT2D eigenvalue weighted by Crippen LogP contribution is 2.13. The van der Waals surface area contributed by atoms with E-state index in [-0.39, 0.29) is 0 Å². The molecule has 1 unspecified atom stereocenters. The highest BCUT2D eigenvalue weighted by Gasteiger charge is 1.97. The fourth-order valence-corrected chi connectivity index (χ4v) is 1.85. The summed E-state index contributed by atoms with van der Waals surface area (Å²) in [6, 6.07) is 0. The van der Waals surface area contributed by atoms with Gasteiger partial charge in [0.15, 0.2) is 0 Å². The maximum Gasteiger partial charge on any atom is 0.303 e. The number of rotatable bonds is 9. The van der Waals surface area contributed by atoms with E-state index in [1.54, 1.807) is 0 Å². The first-order valence-corrected chi connectivity index (χ1v) is 6.73. The third-order valence-electron chi connectivity index (χ3n) is 2.24. The van der Waals surface area contributed by atoms with Crippen molar-refractivity contribution in [2.24, 2.45) is 0 Å². The molecule has 84 valence electrons. The Hall–Kier alpha value is 0.200. The van der Waals surface area contributed by atoms with Crippen LogP contribution in [0.25, 0.3) is 0 Å². The lowest BCUT2D eigenvalue weighted by molar-refractivity contribution is -0.137. The molecule has 0 radical (unpaired) electrons. The summed E-state index contributed by atoms with van der Waals surface area (Å²) in [7, 11) is 0. The van der Waals surface area contributed by atoms with Gasteiger partial charge in [-0.25, -0.2) is 0 Å². The van der Waals surface area contributed by atoms with E-state index in [2.05, 4.69) is 29.5 Å². The van der Waals surface area contributed by atoms with Crippen molar-refractivity contribution in [3.05, 3.63) is 0 Å². The highest BCUT2D eigenvalue weighted by atomic mass is 127. The van der Waals surface area contributed by atoms with Gasteiger partial charge in [0, 0.05) is 10.3 Å². The molecule has 1 atom stereocenters. The Morgan fingerprint density at radius 3 is 2.14 bits per heavy atom. The van der Waals surface area contributed by atoms with Gasteiger partial charge in [-0.05, 0) is 12.8 Å². The van der Waals surface area contributed by atoms with Gasteiger partial charge in [0.2, 0.25) is 0 Å². The number of halogens is 1. The molecule has 0 saturated heterocycles. The highest BCUT2D eigenvalue weighted by molar-refractivity contribution is 14.1. The van der Waals surface area contributed by atoms with E-state index in [1.807, 2.05) is 0 Å². The lowest BCUT2D eigenvalue weighted by Gasteiger charge is -2.02. The van der Waals surface area contributed by atoms with Gasteiger partial charge in [0.05, 0.1) is 0 Å². The molecule has 0 aromatic heterocycles. The van der Waals surface area contributed by atoms with E-state index in [9.17, 15) is 4.79 Å². The van der Waals surface area contributed by atoms with Crippen LogP contribution in [0.5, 0.6) is 0 Å². The maximum atomic E-state index is 10.2. The molecule has 0 aliphatic rings. The van der Waals surface area contributed by atoms with Gasteiger partial charge in [0.25, 0.3) is 0 Å². The van der Waals surface area contributed by atoms with Crippen LogP contribution in [0.4, 0.5) is 0 Å². The summed E-state index contributed by atoms with van der Waals surface area (Å²) in [6.45, 7) is 2.24. The minimum absolute atomic E-state index is 0.338. The number of alkyl halides is 1. The minimum Gasteiger partial charge on any atom is -0.481 e. The van der Waals surface area contributed by atoms with E-state index >= 15 is 0 Å². The van der Waals surface area contributed by atoms with Crippen molar-refractivity contribution in [1.29, 1.82) is 0 Å². The first-order chi connectivity index (χ1) is 6.63. The van der Waals surface area contributed by atoms with Crippen LogP contribution < -0.4 is 0 Å². The van der Waals surface area contributed by atoms with Crippen LogP contribution in [-0.4, -0.2) is 15.0 Å². The molecule has 0 saturated carbocycles. The molecule has 0 aliphatic carbocycles. The largest absolute Gasteiger partial charge is 0.481 e. The Kier molecular flexibility index (Phi) is 9.88. The standard InChI is InChI=1S/C11H21IO2/c1-10(12)8-6-4-2-3-5-7-9-11(13)14/h10H,2-9H2,1H3,(H,13,14). The van der Waals surface area contributed by atoms with Gasteiger partial charge < -0.3 is 5.11 Å². The second kappa shape index (κ2) is 9.74. The fraction of sp³-hybridized carbons (Fsp3) is 0.909. The summed E-state index contributed by atoms with van der Waals surface area (Å²) in [4.78, 5) is 10.2. The molecule has 0 aromatic carbocycles. The molecule has 0 aliphatic heterocycles. The zero-order chi connectivity index (χ0) is 10.8. The second-order valence-corrected chi connectivity index (χ2v) is 5.96. The Bertz CT molecular complexity index is 146. The predicted molar refractivity (Wildman–Crippen MR) is 68.1 cm³/mol. The maximum absolute atomic E-state index is 10.2. The lowest BCUT2D eigenvalue weighted by Crippen LogP contribution is -1.93. The van der Waals surface area contributed by atoms with Gasteiger partial charge in [-0.2, -0.15) is 0 Å². The first kappa shape index (κ1) is 14.2. The van der Waals surface area contributed by atoms with E-state index in [0.717, 1.165) is 16.8 Å². The van der Waals surface area contributed by atoms with Crippen molar-refractivity contribution in [1.82, 2.24) is 0 Å². The quantitative estimate of drug-likeness (QED) is 0.397. The smallest absolute Gasteiger partial charge is 0.303 e. The van der Waals surface area contributed by atoms with Crippen LogP contribution in [-0.2, 0) is 4.79 Å². The van der Waals surface area contributed by atoms with E-state index in [4.69, 9.17) is 5.11 Å². The van der Waals surface area contributed by atoms with E-state index in [1.165, 1.54) is 32.1 Å². The van der Waals surface area contributed by atoms with Gasteiger partial charge in [-0.1, -0.05) is 61.6 Å². The summed E-state index contributed by atoms with van der Waals surface area (Å²) in [5, 5.41) is 8.41. The number of unbranched alkanes of at least 4 members (excludes halogenated alkanes) is 5. The predicted octanol–water partition coefficient (Wildman–Crippen LogP) is 4.02. The molecule has 0 fully saturated rings. The van der Waals surface area contributed by atoms with E-state index in [0.29, 0.717) is 6.42 Å². The first-order valence-electron chi connectivity index (χ1n) is 5.49. The molecular weight excluding hydrogens is 291 g/mol. The number of hydrogen-bond acceptors (Lipinski definition) is 1. The fourth-order valence-electron chi connectivity index (χ4n) is 1.41.